The molecule has 4 nitrogen and oxygen atoms in total. The van der Waals surface area contributed by atoms with Gasteiger partial charge in [0.15, 0.2) is 0 Å². The molecule has 1 atom stereocenters. The van der Waals surface area contributed by atoms with Crippen molar-refractivity contribution < 1.29 is 4.74 Å². The van der Waals surface area contributed by atoms with Crippen LogP contribution in [0, 0.1) is 5.92 Å². The minimum absolute atomic E-state index is 0.478. The van der Waals surface area contributed by atoms with E-state index in [4.69, 9.17) is 16.3 Å². The maximum atomic E-state index is 6.33. The minimum Gasteiger partial charge on any atom is -0.381 e. The minimum atomic E-state index is 0.478. The highest BCUT2D eigenvalue weighted by molar-refractivity contribution is 6.34. The standard InChI is InChI=1S/C19H24ClN3O/c20-19-17-4-2-1-3-15(17)11-18(22-19)21-16-5-8-23(9-6-16)12-14-7-10-24-13-14/h1-4,11,14,16H,5-10,12-13H2,(H,21,22). The van der Waals surface area contributed by atoms with Gasteiger partial charge in [-0.1, -0.05) is 35.9 Å². The molecule has 0 spiro atoms. The second kappa shape index (κ2) is 7.26. The molecule has 2 fully saturated rings. The van der Waals surface area contributed by atoms with Crippen molar-refractivity contribution in [1.82, 2.24) is 9.88 Å². The molecule has 1 unspecified atom stereocenters. The van der Waals surface area contributed by atoms with E-state index in [1.54, 1.807) is 0 Å². The van der Waals surface area contributed by atoms with E-state index in [2.05, 4.69) is 27.3 Å². The van der Waals surface area contributed by atoms with Crippen molar-refractivity contribution >= 4 is 28.2 Å². The zero-order valence-electron chi connectivity index (χ0n) is 13.9. The molecule has 4 rings (SSSR count). The molecule has 128 valence electrons. The summed E-state index contributed by atoms with van der Waals surface area (Å²) in [7, 11) is 0. The van der Waals surface area contributed by atoms with Gasteiger partial charge in [-0.05, 0) is 36.6 Å². The van der Waals surface area contributed by atoms with Gasteiger partial charge in [0.1, 0.15) is 11.0 Å². The van der Waals surface area contributed by atoms with Gasteiger partial charge in [-0.25, -0.2) is 4.98 Å². The summed E-state index contributed by atoms with van der Waals surface area (Å²) in [6.45, 7) is 5.37. The Morgan fingerprint density at radius 3 is 2.83 bits per heavy atom. The first-order chi connectivity index (χ1) is 11.8. The van der Waals surface area contributed by atoms with E-state index in [0.717, 1.165) is 61.7 Å². The molecule has 3 heterocycles. The monoisotopic (exact) mass is 345 g/mol. The smallest absolute Gasteiger partial charge is 0.139 e. The second-order valence-corrected chi connectivity index (χ2v) is 7.33. The molecule has 2 aliphatic heterocycles. The summed E-state index contributed by atoms with van der Waals surface area (Å²) in [6, 6.07) is 10.7. The Morgan fingerprint density at radius 2 is 2.04 bits per heavy atom. The average Bonchev–Trinajstić information content (AvgIpc) is 3.10. The van der Waals surface area contributed by atoms with Gasteiger partial charge in [0, 0.05) is 37.7 Å². The number of ether oxygens (including phenoxy) is 1. The van der Waals surface area contributed by atoms with Gasteiger partial charge < -0.3 is 15.0 Å². The van der Waals surface area contributed by atoms with Crippen LogP contribution < -0.4 is 5.32 Å². The number of hydrogen-bond donors (Lipinski definition) is 1. The van der Waals surface area contributed by atoms with Crippen LogP contribution in [-0.4, -0.2) is 48.8 Å². The summed E-state index contributed by atoms with van der Waals surface area (Å²) in [5.41, 5.74) is 0. The Labute approximate surface area is 148 Å². The quantitative estimate of drug-likeness (QED) is 0.855. The Bertz CT molecular complexity index is 694. The lowest BCUT2D eigenvalue weighted by molar-refractivity contribution is 0.154. The highest BCUT2D eigenvalue weighted by Crippen LogP contribution is 2.26. The largest absolute Gasteiger partial charge is 0.381 e. The number of pyridine rings is 1. The normalized spacial score (nSPS) is 23.0. The van der Waals surface area contributed by atoms with Crippen LogP contribution in [0.2, 0.25) is 5.15 Å². The Morgan fingerprint density at radius 1 is 1.21 bits per heavy atom. The number of benzene rings is 1. The fourth-order valence-electron chi connectivity index (χ4n) is 3.79. The number of fused-ring (bicyclic) bond motifs is 1. The summed E-state index contributed by atoms with van der Waals surface area (Å²) >= 11 is 6.33. The van der Waals surface area contributed by atoms with Gasteiger partial charge in [-0.15, -0.1) is 0 Å². The SMILES string of the molecule is Clc1nc(NC2CCN(CC3CCOC3)CC2)cc2ccccc12. The molecule has 2 aliphatic rings. The Kier molecular flexibility index (Phi) is 4.88. The first kappa shape index (κ1) is 16.1. The molecule has 0 saturated carbocycles. The zero-order chi connectivity index (χ0) is 16.4. The fraction of sp³-hybridized carbons (Fsp3) is 0.526. The van der Waals surface area contributed by atoms with Crippen molar-refractivity contribution in [2.75, 3.05) is 38.2 Å². The lowest BCUT2D eigenvalue weighted by Crippen LogP contribution is -2.41. The van der Waals surface area contributed by atoms with E-state index in [1.807, 2.05) is 18.2 Å². The van der Waals surface area contributed by atoms with Crippen LogP contribution in [0.3, 0.4) is 0 Å². The molecule has 2 saturated heterocycles. The average molecular weight is 346 g/mol. The Hall–Kier alpha value is -1.36. The predicted octanol–water partition coefficient (Wildman–Crippen LogP) is 3.80. The van der Waals surface area contributed by atoms with Gasteiger partial charge in [-0.3, -0.25) is 0 Å². The molecule has 1 aromatic carbocycles. The maximum Gasteiger partial charge on any atom is 0.139 e. The number of rotatable bonds is 4. The van der Waals surface area contributed by atoms with Crippen LogP contribution in [0.25, 0.3) is 10.8 Å². The summed E-state index contributed by atoms with van der Waals surface area (Å²) in [5, 5.41) is 6.31. The molecule has 5 heteroatoms. The van der Waals surface area contributed by atoms with Crippen LogP contribution >= 0.6 is 11.6 Å². The van der Waals surface area contributed by atoms with Gasteiger partial charge in [0.05, 0.1) is 6.61 Å². The summed E-state index contributed by atoms with van der Waals surface area (Å²) < 4.78 is 5.49. The van der Waals surface area contributed by atoms with Gasteiger partial charge in [0.2, 0.25) is 0 Å². The van der Waals surface area contributed by atoms with E-state index >= 15 is 0 Å². The molecule has 0 aliphatic carbocycles. The van der Waals surface area contributed by atoms with Crippen molar-refractivity contribution in [3.8, 4) is 0 Å². The zero-order valence-corrected chi connectivity index (χ0v) is 14.6. The molecular formula is C19H24ClN3O. The van der Waals surface area contributed by atoms with E-state index in [0.29, 0.717) is 11.2 Å². The van der Waals surface area contributed by atoms with Crippen molar-refractivity contribution in [2.45, 2.75) is 25.3 Å². The van der Waals surface area contributed by atoms with Crippen molar-refractivity contribution in [3.63, 3.8) is 0 Å². The fourth-order valence-corrected chi connectivity index (χ4v) is 4.05. The number of hydrogen-bond acceptors (Lipinski definition) is 4. The van der Waals surface area contributed by atoms with Crippen molar-refractivity contribution in [1.29, 1.82) is 0 Å². The number of halogens is 1. The summed E-state index contributed by atoms with van der Waals surface area (Å²) in [6.07, 6.45) is 3.52. The number of aromatic nitrogens is 1. The molecule has 2 aromatic rings. The van der Waals surface area contributed by atoms with Crippen molar-refractivity contribution in [3.05, 3.63) is 35.5 Å². The highest BCUT2D eigenvalue weighted by Gasteiger charge is 2.24. The number of anilines is 1. The molecule has 24 heavy (non-hydrogen) atoms. The van der Waals surface area contributed by atoms with Crippen LogP contribution in [0.5, 0.6) is 0 Å². The van der Waals surface area contributed by atoms with E-state index in [-0.39, 0.29) is 0 Å². The number of nitrogens with one attached hydrogen (secondary N) is 1. The van der Waals surface area contributed by atoms with Crippen LogP contribution in [0.1, 0.15) is 19.3 Å². The third kappa shape index (κ3) is 3.66. The molecule has 1 aromatic heterocycles. The lowest BCUT2D eigenvalue weighted by Gasteiger charge is -2.33. The third-order valence-electron chi connectivity index (χ3n) is 5.17. The Balaban J connectivity index is 1.35. The van der Waals surface area contributed by atoms with Gasteiger partial charge >= 0.3 is 0 Å². The number of nitrogens with zero attached hydrogens (tertiary/aromatic N) is 2. The molecular weight excluding hydrogens is 322 g/mol. The van der Waals surface area contributed by atoms with E-state index < -0.39 is 0 Å². The van der Waals surface area contributed by atoms with Crippen LogP contribution in [0.4, 0.5) is 5.82 Å². The predicted molar refractivity (Wildman–Crippen MR) is 98.8 cm³/mol. The summed E-state index contributed by atoms with van der Waals surface area (Å²) in [5.74, 6) is 1.62. The molecule has 1 N–H and O–H groups in total. The molecule has 0 bridgehead atoms. The number of piperidine rings is 1. The van der Waals surface area contributed by atoms with Gasteiger partial charge in [0.25, 0.3) is 0 Å². The first-order valence-corrected chi connectivity index (χ1v) is 9.27. The van der Waals surface area contributed by atoms with E-state index in [1.165, 1.54) is 13.0 Å². The third-order valence-corrected chi connectivity index (χ3v) is 5.46. The van der Waals surface area contributed by atoms with Gasteiger partial charge in [-0.2, -0.15) is 0 Å². The van der Waals surface area contributed by atoms with Crippen molar-refractivity contribution in [2.24, 2.45) is 5.92 Å². The topological polar surface area (TPSA) is 37.4 Å². The van der Waals surface area contributed by atoms with Crippen LogP contribution in [-0.2, 0) is 4.74 Å². The number of likely N-dealkylation sites (tertiary alicyclic amines) is 1. The summed E-state index contributed by atoms with van der Waals surface area (Å²) in [4.78, 5) is 7.10. The maximum absolute atomic E-state index is 6.33. The molecule has 0 amide bonds. The van der Waals surface area contributed by atoms with E-state index in [9.17, 15) is 0 Å². The molecule has 0 radical (unpaired) electrons. The highest BCUT2D eigenvalue weighted by atomic mass is 35.5. The van der Waals surface area contributed by atoms with Crippen LogP contribution in [0.15, 0.2) is 30.3 Å². The second-order valence-electron chi connectivity index (χ2n) is 6.97. The first-order valence-electron chi connectivity index (χ1n) is 8.90. The lowest BCUT2D eigenvalue weighted by atomic mass is 10.0.